The summed E-state index contributed by atoms with van der Waals surface area (Å²) >= 11 is 0. The molecule has 0 saturated carbocycles. The van der Waals surface area contributed by atoms with Gasteiger partial charge in [-0.05, 0) is 35.6 Å². The molecule has 4 aromatic rings. The fourth-order valence-electron chi connectivity index (χ4n) is 4.20. The van der Waals surface area contributed by atoms with E-state index in [1.807, 2.05) is 61.5 Å². The molecule has 0 spiro atoms. The molecule has 0 unspecified atom stereocenters. The van der Waals surface area contributed by atoms with Crippen molar-refractivity contribution in [3.05, 3.63) is 88.9 Å². The third kappa shape index (κ3) is 4.25. The van der Waals surface area contributed by atoms with Crippen molar-refractivity contribution in [2.45, 2.75) is 26.7 Å². The molecule has 2 aromatic carbocycles. The van der Waals surface area contributed by atoms with Crippen LogP contribution in [0.1, 0.15) is 39.8 Å². The van der Waals surface area contributed by atoms with E-state index in [1.54, 1.807) is 17.5 Å². The lowest BCUT2D eigenvalue weighted by molar-refractivity contribution is -0.114. The second-order valence-electron chi connectivity index (χ2n) is 7.86. The molecule has 3 N–H and O–H groups in total. The Morgan fingerprint density at radius 1 is 1.03 bits per heavy atom. The second-order valence-corrected chi connectivity index (χ2v) is 7.86. The van der Waals surface area contributed by atoms with E-state index in [9.17, 15) is 19.5 Å². The van der Waals surface area contributed by atoms with Gasteiger partial charge in [0.2, 0.25) is 0 Å². The first-order chi connectivity index (χ1) is 16.3. The molecule has 0 saturated heterocycles. The number of primary amides is 1. The van der Waals surface area contributed by atoms with Gasteiger partial charge in [0.1, 0.15) is 5.52 Å². The number of carboxylic acid groups (broad SMARTS) is 1. The highest BCUT2D eigenvalue weighted by atomic mass is 16.7. The van der Waals surface area contributed by atoms with Crippen molar-refractivity contribution in [3.8, 4) is 17.0 Å². The lowest BCUT2D eigenvalue weighted by Gasteiger charge is -2.09. The Hall–Kier alpha value is -4.46. The number of carbonyl (C=O) groups is 3. The number of nitrogens with zero attached hydrogens (tertiary/aromatic N) is 2. The van der Waals surface area contributed by atoms with Gasteiger partial charge in [-0.15, -0.1) is 0 Å². The Labute approximate surface area is 195 Å². The predicted molar refractivity (Wildman–Crippen MR) is 126 cm³/mol. The highest BCUT2D eigenvalue weighted by molar-refractivity contribution is 6.44. The fraction of sp³-hybridized carbons (Fsp3) is 0.154. The van der Waals surface area contributed by atoms with E-state index >= 15 is 0 Å². The lowest BCUT2D eigenvalue weighted by atomic mass is 9.98. The van der Waals surface area contributed by atoms with Gasteiger partial charge in [-0.2, -0.15) is 0 Å². The number of ether oxygens (including phenoxy) is 1. The summed E-state index contributed by atoms with van der Waals surface area (Å²) in [5, 5.41) is 9.20. The van der Waals surface area contributed by atoms with Gasteiger partial charge >= 0.3 is 6.16 Å². The van der Waals surface area contributed by atoms with Crippen LogP contribution < -0.4 is 10.5 Å². The van der Waals surface area contributed by atoms with E-state index in [4.69, 9.17) is 10.5 Å². The zero-order chi connectivity index (χ0) is 24.4. The number of aryl methyl sites for hydroxylation is 1. The number of ketones is 1. The van der Waals surface area contributed by atoms with Crippen LogP contribution >= 0.6 is 0 Å². The van der Waals surface area contributed by atoms with Gasteiger partial charge in [-0.25, -0.2) is 9.78 Å². The first-order valence-corrected chi connectivity index (χ1v) is 10.7. The number of rotatable bonds is 7. The summed E-state index contributed by atoms with van der Waals surface area (Å²) in [6, 6.07) is 18.0. The maximum Gasteiger partial charge on any atom is 0.512 e. The number of carbonyl (C=O) groups excluding carboxylic acids is 2. The number of hydrogen-bond acceptors (Lipinski definition) is 5. The van der Waals surface area contributed by atoms with Crippen LogP contribution in [0.15, 0.2) is 60.8 Å². The van der Waals surface area contributed by atoms with Crippen LogP contribution in [0, 0.1) is 6.92 Å². The Bertz CT molecular complexity index is 1410. The zero-order valence-corrected chi connectivity index (χ0v) is 18.7. The highest BCUT2D eigenvalue weighted by Gasteiger charge is 2.29. The number of Topliss-reactive ketones (excluding diaryl/α,β-unsaturated/α-hetero) is 1. The van der Waals surface area contributed by atoms with Gasteiger partial charge in [0.15, 0.2) is 0 Å². The van der Waals surface area contributed by atoms with Crippen LogP contribution in [-0.4, -0.2) is 32.3 Å². The van der Waals surface area contributed by atoms with Gasteiger partial charge in [0, 0.05) is 18.3 Å². The minimum atomic E-state index is -1.57. The van der Waals surface area contributed by atoms with E-state index in [2.05, 4.69) is 4.98 Å². The summed E-state index contributed by atoms with van der Waals surface area (Å²) < 4.78 is 6.57. The quantitative estimate of drug-likeness (QED) is 0.244. The van der Waals surface area contributed by atoms with Crippen molar-refractivity contribution in [2.75, 3.05) is 0 Å². The summed E-state index contributed by atoms with van der Waals surface area (Å²) in [7, 11) is 0. The molecular weight excluding hydrogens is 434 g/mol. The van der Waals surface area contributed by atoms with Gasteiger partial charge in [-0.3, -0.25) is 9.59 Å². The average Bonchev–Trinajstić information content (AvgIpc) is 3.12. The van der Waals surface area contributed by atoms with E-state index < -0.39 is 17.8 Å². The Balaban J connectivity index is 1.88. The summed E-state index contributed by atoms with van der Waals surface area (Å²) in [6.45, 7) is 3.54. The molecular formula is C26H23N3O5. The van der Waals surface area contributed by atoms with E-state index in [0.717, 1.165) is 22.4 Å². The van der Waals surface area contributed by atoms with E-state index in [-0.39, 0.29) is 17.0 Å². The number of amides is 1. The van der Waals surface area contributed by atoms with Crippen molar-refractivity contribution >= 4 is 23.4 Å². The summed E-state index contributed by atoms with van der Waals surface area (Å²) in [6.07, 6.45) is 0.963. The molecule has 0 fully saturated rings. The van der Waals surface area contributed by atoms with Crippen molar-refractivity contribution in [2.24, 2.45) is 5.73 Å². The molecule has 1 amide bonds. The van der Waals surface area contributed by atoms with Gasteiger partial charge in [0.05, 0.1) is 11.3 Å². The minimum Gasteiger partial charge on any atom is -0.449 e. The van der Waals surface area contributed by atoms with Gasteiger partial charge < -0.3 is 20.0 Å². The maximum absolute atomic E-state index is 12.8. The lowest BCUT2D eigenvalue weighted by Crippen LogP contribution is -2.24. The molecule has 0 atom stereocenters. The minimum absolute atomic E-state index is 0.0228. The molecule has 2 aromatic heterocycles. The maximum atomic E-state index is 12.8. The third-order valence-electron chi connectivity index (χ3n) is 5.64. The molecule has 34 heavy (non-hydrogen) atoms. The molecule has 8 heteroatoms. The molecule has 4 rings (SSSR count). The Morgan fingerprint density at radius 3 is 2.26 bits per heavy atom. The monoisotopic (exact) mass is 457 g/mol. The molecule has 2 heterocycles. The van der Waals surface area contributed by atoms with Crippen LogP contribution in [0.3, 0.4) is 0 Å². The largest absolute Gasteiger partial charge is 0.512 e. The van der Waals surface area contributed by atoms with Crippen molar-refractivity contribution in [1.82, 2.24) is 9.38 Å². The first kappa shape index (κ1) is 22.7. The van der Waals surface area contributed by atoms with Gasteiger partial charge in [-0.1, -0.05) is 61.5 Å². The number of aromatic nitrogens is 2. The molecule has 172 valence electrons. The highest BCUT2D eigenvalue weighted by Crippen LogP contribution is 2.33. The molecule has 0 aliphatic rings. The third-order valence-corrected chi connectivity index (χ3v) is 5.64. The van der Waals surface area contributed by atoms with Crippen molar-refractivity contribution in [3.63, 3.8) is 0 Å². The van der Waals surface area contributed by atoms with Crippen LogP contribution in [-0.2, 0) is 17.6 Å². The number of hydrogen-bond donors (Lipinski definition) is 2. The summed E-state index contributed by atoms with van der Waals surface area (Å²) in [5.41, 5.74) is 10.4. The van der Waals surface area contributed by atoms with Crippen LogP contribution in [0.5, 0.6) is 5.88 Å². The van der Waals surface area contributed by atoms with Gasteiger partial charge in [0.25, 0.3) is 17.6 Å². The standard InChI is InChI=1S/C26H23N3O5/c1-3-19-20(13-16-9-11-18(12-10-16)17-7-5-4-6-8-17)29-14-15(2)28-25(34-26(32)33)22(29)21(19)23(30)24(27)31/h4-12,14H,3,13H2,1-2H3,(H2,27,31)(H,32,33). The number of nitrogens with two attached hydrogens (primary N) is 1. The number of benzene rings is 2. The Kier molecular flexibility index (Phi) is 6.14. The molecule has 0 radical (unpaired) electrons. The number of fused-ring (bicyclic) bond motifs is 1. The Morgan fingerprint density at radius 2 is 1.68 bits per heavy atom. The van der Waals surface area contributed by atoms with E-state index in [1.165, 1.54) is 0 Å². The summed E-state index contributed by atoms with van der Waals surface area (Å²) in [5.74, 6) is -2.32. The molecule has 0 aliphatic carbocycles. The van der Waals surface area contributed by atoms with Crippen LogP contribution in [0.4, 0.5) is 4.79 Å². The molecule has 0 bridgehead atoms. The zero-order valence-electron chi connectivity index (χ0n) is 18.7. The second kappa shape index (κ2) is 9.19. The normalized spacial score (nSPS) is 10.9. The topological polar surface area (TPSA) is 124 Å². The van der Waals surface area contributed by atoms with Crippen LogP contribution in [0.2, 0.25) is 0 Å². The molecule has 0 aliphatic heterocycles. The predicted octanol–water partition coefficient (Wildman–Crippen LogP) is 4.19. The average molecular weight is 457 g/mol. The SMILES string of the molecule is CCc1c(C(=O)C(N)=O)c2c(OC(=O)O)nc(C)cn2c1Cc1ccc(-c2ccccc2)cc1. The van der Waals surface area contributed by atoms with Crippen molar-refractivity contribution in [1.29, 1.82) is 0 Å². The smallest absolute Gasteiger partial charge is 0.449 e. The van der Waals surface area contributed by atoms with Crippen LogP contribution in [0.25, 0.3) is 16.6 Å². The summed E-state index contributed by atoms with van der Waals surface area (Å²) in [4.78, 5) is 40.1. The van der Waals surface area contributed by atoms with Crippen molar-refractivity contribution < 1.29 is 24.2 Å². The van der Waals surface area contributed by atoms with E-state index in [0.29, 0.717) is 24.1 Å². The molecule has 8 nitrogen and oxygen atoms in total. The first-order valence-electron chi connectivity index (χ1n) is 10.7. The fourth-order valence-corrected chi connectivity index (χ4v) is 4.20.